The van der Waals surface area contributed by atoms with Crippen molar-refractivity contribution in [3.05, 3.63) is 41.9 Å². The van der Waals surface area contributed by atoms with Gasteiger partial charge < -0.3 is 4.42 Å². The SMILES string of the molecule is O=C(Cl)c1nc(C(=O)Cl)c(-c2ccccc2)o1. The summed E-state index contributed by atoms with van der Waals surface area (Å²) in [6.07, 6.45) is 0. The molecule has 1 aromatic carbocycles. The van der Waals surface area contributed by atoms with E-state index in [1.807, 2.05) is 0 Å². The van der Waals surface area contributed by atoms with Gasteiger partial charge in [-0.15, -0.1) is 0 Å². The van der Waals surface area contributed by atoms with Crippen LogP contribution in [0.4, 0.5) is 0 Å². The van der Waals surface area contributed by atoms with Crippen molar-refractivity contribution < 1.29 is 14.0 Å². The first-order chi connectivity index (χ1) is 8.09. The van der Waals surface area contributed by atoms with Gasteiger partial charge in [-0.25, -0.2) is 4.98 Å². The molecule has 0 N–H and O–H groups in total. The molecule has 0 radical (unpaired) electrons. The summed E-state index contributed by atoms with van der Waals surface area (Å²) in [6.45, 7) is 0. The zero-order valence-corrected chi connectivity index (χ0v) is 9.83. The molecule has 0 fully saturated rings. The fourth-order valence-corrected chi connectivity index (χ4v) is 1.53. The second-order valence-corrected chi connectivity index (χ2v) is 3.80. The molecule has 6 heteroatoms. The highest BCUT2D eigenvalue weighted by molar-refractivity contribution is 6.68. The van der Waals surface area contributed by atoms with Gasteiger partial charge in [0.2, 0.25) is 0 Å². The molecule has 17 heavy (non-hydrogen) atoms. The Morgan fingerprint density at radius 1 is 1.06 bits per heavy atom. The van der Waals surface area contributed by atoms with Crippen molar-refractivity contribution in [1.29, 1.82) is 0 Å². The predicted molar refractivity (Wildman–Crippen MR) is 62.3 cm³/mol. The summed E-state index contributed by atoms with van der Waals surface area (Å²) in [5, 5.41) is -1.69. The highest BCUT2D eigenvalue weighted by Crippen LogP contribution is 2.26. The van der Waals surface area contributed by atoms with Gasteiger partial charge >= 0.3 is 5.24 Å². The Kier molecular flexibility index (Phi) is 3.26. The van der Waals surface area contributed by atoms with Crippen molar-refractivity contribution in [3.63, 3.8) is 0 Å². The minimum Gasteiger partial charge on any atom is -0.432 e. The number of hydrogen-bond acceptors (Lipinski definition) is 4. The molecule has 86 valence electrons. The van der Waals surface area contributed by atoms with Gasteiger partial charge in [0.05, 0.1) is 0 Å². The average Bonchev–Trinajstić information content (AvgIpc) is 2.75. The zero-order chi connectivity index (χ0) is 12.4. The van der Waals surface area contributed by atoms with Crippen LogP contribution in [0.2, 0.25) is 0 Å². The Hall–Kier alpha value is -1.65. The van der Waals surface area contributed by atoms with E-state index in [4.69, 9.17) is 27.6 Å². The van der Waals surface area contributed by atoms with E-state index in [1.165, 1.54) is 0 Å². The van der Waals surface area contributed by atoms with E-state index in [0.717, 1.165) is 0 Å². The van der Waals surface area contributed by atoms with Crippen LogP contribution in [0.25, 0.3) is 11.3 Å². The van der Waals surface area contributed by atoms with Gasteiger partial charge in [-0.3, -0.25) is 9.59 Å². The Labute approximate surface area is 106 Å². The number of hydrogen-bond donors (Lipinski definition) is 0. The molecule has 0 bridgehead atoms. The van der Waals surface area contributed by atoms with Crippen molar-refractivity contribution in [2.75, 3.05) is 0 Å². The van der Waals surface area contributed by atoms with E-state index in [9.17, 15) is 9.59 Å². The van der Waals surface area contributed by atoms with Crippen LogP contribution in [-0.4, -0.2) is 15.5 Å². The minimum absolute atomic E-state index is 0.123. The maximum atomic E-state index is 11.2. The smallest absolute Gasteiger partial charge is 0.307 e. The predicted octanol–water partition coefficient (Wildman–Crippen LogP) is 3.10. The molecule has 0 saturated carbocycles. The van der Waals surface area contributed by atoms with Crippen LogP contribution < -0.4 is 0 Å². The molecule has 4 nitrogen and oxygen atoms in total. The van der Waals surface area contributed by atoms with Crippen LogP contribution in [0, 0.1) is 0 Å². The first-order valence-electron chi connectivity index (χ1n) is 4.55. The number of nitrogens with zero attached hydrogens (tertiary/aromatic N) is 1. The summed E-state index contributed by atoms with van der Waals surface area (Å²) in [5.74, 6) is -0.218. The Balaban J connectivity index is 2.60. The molecule has 0 aliphatic heterocycles. The first kappa shape index (κ1) is 11.8. The summed E-state index contributed by atoms with van der Waals surface area (Å²) < 4.78 is 5.13. The van der Waals surface area contributed by atoms with Crippen molar-refractivity contribution in [1.82, 2.24) is 4.98 Å². The van der Waals surface area contributed by atoms with E-state index in [-0.39, 0.29) is 17.3 Å². The molecule has 1 heterocycles. The number of rotatable bonds is 3. The lowest BCUT2D eigenvalue weighted by atomic mass is 10.1. The van der Waals surface area contributed by atoms with Gasteiger partial charge in [0, 0.05) is 5.56 Å². The topological polar surface area (TPSA) is 60.2 Å². The van der Waals surface area contributed by atoms with Gasteiger partial charge in [-0.1, -0.05) is 30.3 Å². The monoisotopic (exact) mass is 269 g/mol. The third-order valence-corrected chi connectivity index (χ3v) is 2.36. The molecular weight excluding hydrogens is 265 g/mol. The molecule has 0 unspecified atom stereocenters. The Morgan fingerprint density at radius 2 is 1.71 bits per heavy atom. The van der Waals surface area contributed by atoms with Crippen molar-refractivity contribution >= 4 is 33.7 Å². The molecular formula is C11H5Cl2NO3. The van der Waals surface area contributed by atoms with E-state index in [2.05, 4.69) is 4.98 Å². The molecule has 0 amide bonds. The zero-order valence-electron chi connectivity index (χ0n) is 8.31. The molecule has 0 saturated heterocycles. The van der Waals surface area contributed by atoms with Crippen LogP contribution in [-0.2, 0) is 0 Å². The average molecular weight is 270 g/mol. The van der Waals surface area contributed by atoms with Crippen LogP contribution in [0.3, 0.4) is 0 Å². The summed E-state index contributed by atoms with van der Waals surface area (Å²) in [4.78, 5) is 25.7. The summed E-state index contributed by atoms with van der Waals surface area (Å²) in [6, 6.07) is 8.71. The third kappa shape index (κ3) is 2.38. The lowest BCUT2D eigenvalue weighted by molar-refractivity contribution is 0.105. The summed E-state index contributed by atoms with van der Waals surface area (Å²) in [7, 11) is 0. The van der Waals surface area contributed by atoms with E-state index in [0.29, 0.717) is 5.56 Å². The van der Waals surface area contributed by atoms with Crippen LogP contribution in [0.5, 0.6) is 0 Å². The normalized spacial score (nSPS) is 10.2. The lowest BCUT2D eigenvalue weighted by Crippen LogP contribution is -1.94. The number of oxazole rings is 1. The standard InChI is InChI=1S/C11H5Cl2NO3/c12-9(15)7-8(6-4-2-1-3-5-6)17-11(14-7)10(13)16/h1-5H. The second-order valence-electron chi connectivity index (χ2n) is 3.11. The second kappa shape index (κ2) is 4.69. The maximum absolute atomic E-state index is 11.2. The molecule has 2 aromatic rings. The van der Waals surface area contributed by atoms with Crippen LogP contribution >= 0.6 is 23.2 Å². The van der Waals surface area contributed by atoms with Gasteiger partial charge in [-0.05, 0) is 23.2 Å². The first-order valence-corrected chi connectivity index (χ1v) is 5.31. The number of benzene rings is 1. The number of halogens is 2. The summed E-state index contributed by atoms with van der Waals surface area (Å²) >= 11 is 10.6. The van der Waals surface area contributed by atoms with Crippen molar-refractivity contribution in [2.24, 2.45) is 0 Å². The largest absolute Gasteiger partial charge is 0.432 e. The van der Waals surface area contributed by atoms with Gasteiger partial charge in [-0.2, -0.15) is 0 Å². The summed E-state index contributed by atoms with van der Waals surface area (Å²) in [5.41, 5.74) is 0.468. The lowest BCUT2D eigenvalue weighted by Gasteiger charge is -1.96. The third-order valence-electron chi connectivity index (χ3n) is 2.02. The quantitative estimate of drug-likeness (QED) is 0.804. The van der Waals surface area contributed by atoms with E-state index >= 15 is 0 Å². The van der Waals surface area contributed by atoms with Gasteiger partial charge in [0.25, 0.3) is 11.1 Å². The van der Waals surface area contributed by atoms with Crippen molar-refractivity contribution in [2.45, 2.75) is 0 Å². The van der Waals surface area contributed by atoms with E-state index < -0.39 is 10.5 Å². The Bertz CT molecular complexity index is 578. The highest BCUT2D eigenvalue weighted by atomic mass is 35.5. The number of carbonyl (C=O) groups excluding carboxylic acids is 2. The maximum Gasteiger partial charge on any atom is 0.307 e. The number of aromatic nitrogens is 1. The molecule has 0 atom stereocenters. The molecule has 0 aliphatic carbocycles. The van der Waals surface area contributed by atoms with E-state index in [1.54, 1.807) is 30.3 Å². The highest BCUT2D eigenvalue weighted by Gasteiger charge is 2.22. The van der Waals surface area contributed by atoms with Gasteiger partial charge in [0.1, 0.15) is 0 Å². The Morgan fingerprint density at radius 3 is 2.24 bits per heavy atom. The molecule has 2 rings (SSSR count). The van der Waals surface area contributed by atoms with Crippen LogP contribution in [0.15, 0.2) is 34.7 Å². The van der Waals surface area contributed by atoms with Gasteiger partial charge in [0.15, 0.2) is 11.5 Å². The minimum atomic E-state index is -0.883. The van der Waals surface area contributed by atoms with Crippen molar-refractivity contribution in [3.8, 4) is 11.3 Å². The molecule has 1 aromatic heterocycles. The fraction of sp³-hybridized carbons (Fsp3) is 0. The molecule has 0 aliphatic rings. The fourth-order valence-electron chi connectivity index (χ4n) is 1.32. The number of carbonyl (C=O) groups is 2. The molecule has 0 spiro atoms. The van der Waals surface area contributed by atoms with Crippen LogP contribution in [0.1, 0.15) is 21.2 Å².